The molecule has 1 aliphatic rings. The number of nitrogens with zero attached hydrogens (tertiary/aromatic N) is 2. The molecule has 0 aliphatic heterocycles. The van der Waals surface area contributed by atoms with Crippen LogP contribution in [-0.4, -0.2) is 52.6 Å². The van der Waals surface area contributed by atoms with Crippen molar-refractivity contribution in [2.45, 2.75) is 84.9 Å². The number of aromatic nitrogens is 1. The van der Waals surface area contributed by atoms with E-state index in [1.807, 2.05) is 71.0 Å². The van der Waals surface area contributed by atoms with Crippen molar-refractivity contribution in [1.29, 1.82) is 0 Å². The molecule has 4 aromatic carbocycles. The summed E-state index contributed by atoms with van der Waals surface area (Å²) in [5.74, 6) is -1.18. The molecule has 1 heterocycles. The molecule has 0 radical (unpaired) electrons. The van der Waals surface area contributed by atoms with Gasteiger partial charge in [0.25, 0.3) is 0 Å². The minimum Gasteiger partial charge on any atom is -0.460 e. The van der Waals surface area contributed by atoms with Gasteiger partial charge in [-0.2, -0.15) is 0 Å². The average Bonchev–Trinajstić information content (AvgIpc) is 3.63. The van der Waals surface area contributed by atoms with E-state index in [1.165, 1.54) is 16.0 Å². The second-order valence-electron chi connectivity index (χ2n) is 16.0. The fourth-order valence-corrected chi connectivity index (χ4v) is 7.60. The molecule has 1 aliphatic carbocycles. The van der Waals surface area contributed by atoms with Crippen LogP contribution in [0.25, 0.3) is 22.0 Å². The van der Waals surface area contributed by atoms with Crippen molar-refractivity contribution in [1.82, 2.24) is 9.47 Å². The molecule has 0 saturated heterocycles. The van der Waals surface area contributed by atoms with Crippen molar-refractivity contribution in [2.24, 2.45) is 11.8 Å². The summed E-state index contributed by atoms with van der Waals surface area (Å²) < 4.78 is 14.1. The quantitative estimate of drug-likeness (QED) is 0.114. The smallest absolute Gasteiger partial charge is 0.410 e. The molecule has 6 rings (SSSR count). The lowest BCUT2D eigenvalue weighted by molar-refractivity contribution is -0.162. The molecule has 0 saturated carbocycles. The first-order valence-corrected chi connectivity index (χ1v) is 18.7. The highest BCUT2D eigenvalue weighted by molar-refractivity contribution is 5.92. The van der Waals surface area contributed by atoms with E-state index < -0.39 is 29.6 Å². The maximum atomic E-state index is 14.5. The van der Waals surface area contributed by atoms with Crippen LogP contribution in [0.4, 0.5) is 4.79 Å². The maximum Gasteiger partial charge on any atom is 0.410 e. The molecule has 1 amide bonds. The second-order valence-corrected chi connectivity index (χ2v) is 16.0. The first-order valence-electron chi connectivity index (χ1n) is 18.7. The normalized spacial score (nSPS) is 13.7. The summed E-state index contributed by atoms with van der Waals surface area (Å²) in [4.78, 5) is 43.5. The Bertz CT molecular complexity index is 2040. The number of para-hydroxylation sites is 1. The molecule has 0 spiro atoms. The number of likely N-dealkylation sites (N-methyl/N-ethyl adjacent to an activating group) is 1. The summed E-state index contributed by atoms with van der Waals surface area (Å²) in [6, 6.07) is 32.2. The number of amides is 1. The van der Waals surface area contributed by atoms with E-state index in [2.05, 4.69) is 78.4 Å². The number of hydrogen-bond donors (Lipinski definition) is 0. The summed E-state index contributed by atoms with van der Waals surface area (Å²) in [6.07, 6.45) is 2.24. The molecule has 7 nitrogen and oxygen atoms in total. The summed E-state index contributed by atoms with van der Waals surface area (Å²) in [7, 11) is 1.64. The van der Waals surface area contributed by atoms with Crippen molar-refractivity contribution < 1.29 is 23.9 Å². The zero-order chi connectivity index (χ0) is 37.9. The minimum atomic E-state index is -0.874. The molecule has 0 bridgehead atoms. The minimum absolute atomic E-state index is 0.0409. The number of rotatable bonds is 13. The number of esters is 1. The van der Waals surface area contributed by atoms with Crippen molar-refractivity contribution in [3.63, 3.8) is 0 Å². The molecule has 276 valence electrons. The molecule has 5 aromatic rings. The zero-order valence-corrected chi connectivity index (χ0v) is 32.1. The highest BCUT2D eigenvalue weighted by Crippen LogP contribution is 2.44. The van der Waals surface area contributed by atoms with Gasteiger partial charge in [-0.15, -0.1) is 0 Å². The van der Waals surface area contributed by atoms with Crippen molar-refractivity contribution in [3.8, 4) is 11.1 Å². The predicted molar refractivity (Wildman–Crippen MR) is 211 cm³/mol. The van der Waals surface area contributed by atoms with E-state index in [1.54, 1.807) is 7.05 Å². The van der Waals surface area contributed by atoms with Gasteiger partial charge in [-0.3, -0.25) is 9.59 Å². The monoisotopic (exact) mass is 712 g/mol. The van der Waals surface area contributed by atoms with Gasteiger partial charge >= 0.3 is 12.1 Å². The molecule has 0 N–H and O–H groups in total. The number of Topliss-reactive ketones (excluding diaryl/α,β-unsaturated/α-hetero) is 1. The predicted octanol–water partition coefficient (Wildman–Crippen LogP) is 9.75. The number of carbonyl (C=O) groups excluding carboxylic acids is 3. The number of ether oxygens (including phenoxy) is 2. The third-order valence-corrected chi connectivity index (χ3v) is 10.2. The Kier molecular flexibility index (Phi) is 11.2. The zero-order valence-electron chi connectivity index (χ0n) is 32.1. The summed E-state index contributed by atoms with van der Waals surface area (Å²) in [5, 5.41) is 1.02. The number of aryl methyl sites for hydroxylation is 1. The number of carbonyl (C=O) groups is 3. The Morgan fingerprint density at radius 2 is 1.43 bits per heavy atom. The molecule has 1 aromatic heterocycles. The Balaban J connectivity index is 1.30. The average molecular weight is 713 g/mol. The highest BCUT2D eigenvalue weighted by atomic mass is 16.6. The van der Waals surface area contributed by atoms with Gasteiger partial charge in [0.05, 0.1) is 12.0 Å². The Labute approximate surface area is 313 Å². The number of benzene rings is 4. The van der Waals surface area contributed by atoms with Crippen molar-refractivity contribution >= 4 is 28.7 Å². The highest BCUT2D eigenvalue weighted by Gasteiger charge is 2.36. The van der Waals surface area contributed by atoms with E-state index in [-0.39, 0.29) is 37.1 Å². The van der Waals surface area contributed by atoms with E-state index in [4.69, 9.17) is 9.47 Å². The largest absolute Gasteiger partial charge is 0.460 e. The van der Waals surface area contributed by atoms with Gasteiger partial charge in [-0.1, -0.05) is 110 Å². The third kappa shape index (κ3) is 8.73. The van der Waals surface area contributed by atoms with E-state index in [9.17, 15) is 14.4 Å². The number of hydrogen-bond acceptors (Lipinski definition) is 5. The Hall–Kier alpha value is -5.17. The van der Waals surface area contributed by atoms with Crippen LogP contribution < -0.4 is 0 Å². The molecule has 0 fully saturated rings. The van der Waals surface area contributed by atoms with Gasteiger partial charge in [0.2, 0.25) is 0 Å². The van der Waals surface area contributed by atoms with Crippen LogP contribution in [0.2, 0.25) is 0 Å². The van der Waals surface area contributed by atoms with Gasteiger partial charge < -0.3 is 18.9 Å². The molecule has 53 heavy (non-hydrogen) atoms. The van der Waals surface area contributed by atoms with Gasteiger partial charge in [-0.05, 0) is 79.5 Å². The van der Waals surface area contributed by atoms with Crippen LogP contribution in [-0.2, 0) is 32.0 Å². The van der Waals surface area contributed by atoms with Crippen LogP contribution in [0, 0.1) is 18.8 Å². The summed E-state index contributed by atoms with van der Waals surface area (Å²) in [6.45, 7) is 12.4. The van der Waals surface area contributed by atoms with E-state index >= 15 is 0 Å². The third-order valence-electron chi connectivity index (χ3n) is 10.2. The number of ketones is 1. The fourth-order valence-electron chi connectivity index (χ4n) is 7.60. The molecule has 2 atom stereocenters. The SMILES string of the molecule is Cc1ccc(Cn2cc(C[C@@H](C(=O)C[C@@H](CC(C)C)C(=O)OC(C)(C)C)N(C)C(=O)OCC3c4ccccc4-c4ccccc43)c3ccccc32)cc1. The lowest BCUT2D eigenvalue weighted by atomic mass is 9.88. The molecule has 0 unspecified atom stereocenters. The second kappa shape index (κ2) is 15.8. The van der Waals surface area contributed by atoms with Crippen molar-refractivity contribution in [3.05, 3.63) is 131 Å². The number of fused-ring (bicyclic) bond motifs is 4. The Morgan fingerprint density at radius 3 is 2.06 bits per heavy atom. The maximum absolute atomic E-state index is 14.5. The molecule has 7 heteroatoms. The van der Waals surface area contributed by atoms with Gasteiger partial charge in [0.15, 0.2) is 5.78 Å². The van der Waals surface area contributed by atoms with Crippen LogP contribution in [0.5, 0.6) is 0 Å². The van der Waals surface area contributed by atoms with Crippen LogP contribution in [0.1, 0.15) is 81.2 Å². The topological polar surface area (TPSA) is 77.8 Å². The molecular formula is C46H52N2O5. The van der Waals surface area contributed by atoms with Crippen LogP contribution >= 0.6 is 0 Å². The summed E-state index contributed by atoms with van der Waals surface area (Å²) in [5.41, 5.74) is 8.20. The first-order chi connectivity index (χ1) is 25.3. The van der Waals surface area contributed by atoms with Crippen LogP contribution in [0.3, 0.4) is 0 Å². The van der Waals surface area contributed by atoms with Gasteiger partial charge in [0, 0.05) is 49.5 Å². The lowest BCUT2D eigenvalue weighted by Gasteiger charge is -2.29. The van der Waals surface area contributed by atoms with Crippen LogP contribution in [0.15, 0.2) is 103 Å². The van der Waals surface area contributed by atoms with E-state index in [0.717, 1.165) is 38.7 Å². The Morgan fingerprint density at radius 1 is 0.830 bits per heavy atom. The summed E-state index contributed by atoms with van der Waals surface area (Å²) >= 11 is 0. The first kappa shape index (κ1) is 37.6. The standard InChI is InChI=1S/C46H52N2O5/c1-30(2)24-33(44(50)53-46(4,5)6)26-43(49)42(25-34-28-48(41-19-13-12-14-35(34)41)27-32-22-20-31(3)21-23-32)47(7)45(51)52-29-40-38-17-10-8-15-36(38)37-16-9-11-18-39(37)40/h8-23,28,30,33,40,42H,24-27,29H2,1-7H3/t33-,42+/m1/s1. The van der Waals surface area contributed by atoms with Gasteiger partial charge in [0.1, 0.15) is 12.2 Å². The lowest BCUT2D eigenvalue weighted by Crippen LogP contribution is -2.45. The fraction of sp³-hybridized carbons (Fsp3) is 0.370. The molecular weight excluding hydrogens is 661 g/mol. The van der Waals surface area contributed by atoms with Crippen molar-refractivity contribution in [2.75, 3.05) is 13.7 Å². The van der Waals surface area contributed by atoms with Gasteiger partial charge in [-0.25, -0.2) is 4.79 Å². The van der Waals surface area contributed by atoms with E-state index in [0.29, 0.717) is 13.0 Å².